The van der Waals surface area contributed by atoms with Crippen molar-refractivity contribution in [3.63, 3.8) is 0 Å². The summed E-state index contributed by atoms with van der Waals surface area (Å²) in [6.45, 7) is 0. The molecule has 3 nitrogen and oxygen atoms in total. The van der Waals surface area contributed by atoms with Crippen LogP contribution < -0.4 is 0 Å². The van der Waals surface area contributed by atoms with Gasteiger partial charge < -0.3 is 0 Å². The summed E-state index contributed by atoms with van der Waals surface area (Å²) in [6, 6.07) is 0. The molecule has 0 aromatic rings. The van der Waals surface area contributed by atoms with Gasteiger partial charge >= 0.3 is 11.8 Å². The summed E-state index contributed by atoms with van der Waals surface area (Å²) in [5.41, 5.74) is -5.90. The molecule has 10 heteroatoms. The molecule has 0 aromatic heterocycles. The Morgan fingerprint density at radius 3 is 1.50 bits per heavy atom. The van der Waals surface area contributed by atoms with Gasteiger partial charge in [-0.1, -0.05) is 0 Å². The second-order valence-electron chi connectivity index (χ2n) is 1.50. The van der Waals surface area contributed by atoms with Crippen molar-refractivity contribution in [2.75, 3.05) is 0 Å². The molecule has 0 radical (unpaired) electrons. The van der Waals surface area contributed by atoms with Gasteiger partial charge in [0.25, 0.3) is 10.0 Å². The van der Waals surface area contributed by atoms with E-state index in [0.29, 0.717) is 0 Å². The van der Waals surface area contributed by atoms with Crippen LogP contribution in [0.2, 0.25) is 0 Å². The fourth-order valence-corrected chi connectivity index (χ4v) is 0.576. The fraction of sp³-hybridized carbons (Fsp3) is 1.00. The third kappa shape index (κ3) is 3.26. The van der Waals surface area contributed by atoms with Crippen molar-refractivity contribution in [2.45, 2.75) is 11.8 Å². The lowest BCUT2D eigenvalue weighted by Gasteiger charge is -2.07. The van der Waals surface area contributed by atoms with Crippen molar-refractivity contribution < 1.29 is 35.1 Å². The highest BCUT2D eigenvalue weighted by Gasteiger charge is 2.46. The summed E-state index contributed by atoms with van der Waals surface area (Å²) in [4.78, 5) is 0. The van der Waals surface area contributed by atoms with E-state index in [2.05, 4.69) is 0 Å². The van der Waals surface area contributed by atoms with Gasteiger partial charge in [0, 0.05) is 0 Å². The molecule has 0 amide bonds. The van der Waals surface area contributed by atoms with E-state index in [1.54, 1.807) is 0 Å². The van der Waals surface area contributed by atoms with Crippen molar-refractivity contribution in [3.05, 3.63) is 0 Å². The molecule has 0 saturated carbocycles. The summed E-state index contributed by atoms with van der Waals surface area (Å²) in [5.74, 6) is 0. The van der Waals surface area contributed by atoms with Gasteiger partial charge in [0.05, 0.1) is 0 Å². The third-order valence-electron chi connectivity index (χ3n) is 0.529. The minimum absolute atomic E-state index is 0.771. The van der Waals surface area contributed by atoms with Gasteiger partial charge in [0.15, 0.2) is 0 Å². The van der Waals surface area contributed by atoms with Crippen LogP contribution in [0.1, 0.15) is 0 Å². The SMILES string of the molecule is O=S(O)(=NC(F)(F)F)C(F)(F)F. The highest BCUT2D eigenvalue weighted by molar-refractivity contribution is 7.89. The summed E-state index contributed by atoms with van der Waals surface area (Å²) >= 11 is 0. The molecule has 0 fully saturated rings. The second-order valence-corrected chi connectivity index (χ2v) is 3.14. The van der Waals surface area contributed by atoms with Gasteiger partial charge in [0.2, 0.25) is 0 Å². The van der Waals surface area contributed by atoms with Crippen LogP contribution >= 0.6 is 0 Å². The van der Waals surface area contributed by atoms with Crippen LogP contribution in [-0.2, 0) is 10.0 Å². The lowest BCUT2D eigenvalue weighted by atomic mass is 11.3. The van der Waals surface area contributed by atoms with E-state index < -0.39 is 21.8 Å². The Kier molecular flexibility index (Phi) is 2.65. The minimum atomic E-state index is -6.21. The zero-order chi connectivity index (χ0) is 10.2. The summed E-state index contributed by atoms with van der Waals surface area (Å²) < 4.78 is 85.2. The minimum Gasteiger partial charge on any atom is -0.293 e. The molecule has 0 aliphatic carbocycles. The van der Waals surface area contributed by atoms with Crippen LogP contribution in [0.15, 0.2) is 4.36 Å². The zero-order valence-electron chi connectivity index (χ0n) is 4.98. The molecule has 0 aromatic carbocycles. The fourth-order valence-electron chi connectivity index (χ4n) is 0.192. The van der Waals surface area contributed by atoms with Crippen molar-refractivity contribution in [1.29, 1.82) is 0 Å². The molecule has 0 spiro atoms. The van der Waals surface area contributed by atoms with E-state index in [0.717, 1.165) is 4.36 Å². The smallest absolute Gasteiger partial charge is 0.293 e. The second kappa shape index (κ2) is 2.76. The highest BCUT2D eigenvalue weighted by atomic mass is 32.2. The third-order valence-corrected chi connectivity index (χ3v) is 1.59. The predicted octanol–water partition coefficient (Wildman–Crippen LogP) is 1.97. The molecule has 1 N–H and O–H groups in total. The molecule has 0 rings (SSSR count). The molecule has 0 heterocycles. The Bertz CT molecular complexity index is 268. The maximum absolute atomic E-state index is 11.2. The number of nitrogens with zero attached hydrogens (tertiary/aromatic N) is 1. The van der Waals surface area contributed by atoms with Gasteiger partial charge in [0.1, 0.15) is 0 Å². The Labute approximate surface area is 62.4 Å². The van der Waals surface area contributed by atoms with Crippen molar-refractivity contribution in [1.82, 2.24) is 0 Å². The molecule has 0 aliphatic rings. The summed E-state index contributed by atoms with van der Waals surface area (Å²) in [7, 11) is -6.21. The number of alkyl halides is 6. The van der Waals surface area contributed by atoms with E-state index >= 15 is 0 Å². The average molecular weight is 217 g/mol. The highest BCUT2D eigenvalue weighted by Crippen LogP contribution is 2.28. The predicted molar refractivity (Wildman–Crippen MR) is 25.3 cm³/mol. The van der Waals surface area contributed by atoms with Crippen LogP contribution in [0.5, 0.6) is 0 Å². The first-order chi connectivity index (χ1) is 4.96. The van der Waals surface area contributed by atoms with Crippen molar-refractivity contribution in [2.24, 2.45) is 4.36 Å². The van der Waals surface area contributed by atoms with Gasteiger partial charge in [-0.2, -0.15) is 13.2 Å². The Hall–Kier alpha value is -0.510. The zero-order valence-corrected chi connectivity index (χ0v) is 5.80. The normalized spacial score (nSPS) is 18.6. The Morgan fingerprint density at radius 2 is 1.42 bits per heavy atom. The van der Waals surface area contributed by atoms with E-state index in [9.17, 15) is 30.6 Å². The van der Waals surface area contributed by atoms with Gasteiger partial charge in [-0.05, 0) is 0 Å². The first-order valence-electron chi connectivity index (χ1n) is 2.09. The topological polar surface area (TPSA) is 49.7 Å². The summed E-state index contributed by atoms with van der Waals surface area (Å²) in [6.07, 6.45) is -5.68. The molecular weight excluding hydrogens is 216 g/mol. The van der Waals surface area contributed by atoms with Gasteiger partial charge in [-0.15, -0.1) is 17.5 Å². The van der Waals surface area contributed by atoms with Crippen molar-refractivity contribution >= 4 is 10.0 Å². The number of halogens is 6. The monoisotopic (exact) mass is 217 g/mol. The van der Waals surface area contributed by atoms with Crippen LogP contribution in [-0.4, -0.2) is 20.6 Å². The summed E-state index contributed by atoms with van der Waals surface area (Å²) in [5, 5.41) is 0. The maximum atomic E-state index is 11.2. The van der Waals surface area contributed by atoms with Gasteiger partial charge in [-0.3, -0.25) is 4.55 Å². The lowest BCUT2D eigenvalue weighted by molar-refractivity contribution is -0.121. The Balaban J connectivity index is 5.15. The number of hydrogen-bond acceptors (Lipinski definition) is 2. The average Bonchev–Trinajstić information content (AvgIpc) is 1.52. The molecule has 1 unspecified atom stereocenters. The van der Waals surface area contributed by atoms with E-state index in [4.69, 9.17) is 4.55 Å². The standard InChI is InChI=1S/C2HF6NO2S/c3-1(4,5)9-12(10,11)2(6,7)8/h(H,9,10,11). The molecule has 74 valence electrons. The first-order valence-corrected chi connectivity index (χ1v) is 3.57. The molecular formula is C2HF6NO2S. The molecule has 1 atom stereocenters. The first kappa shape index (κ1) is 11.5. The molecule has 0 bridgehead atoms. The van der Waals surface area contributed by atoms with Crippen LogP contribution in [0, 0.1) is 0 Å². The lowest BCUT2D eigenvalue weighted by Crippen LogP contribution is -2.24. The molecule has 0 saturated heterocycles. The maximum Gasteiger partial charge on any atom is 0.513 e. The van der Waals surface area contributed by atoms with E-state index in [1.807, 2.05) is 0 Å². The van der Waals surface area contributed by atoms with Crippen LogP contribution in [0.3, 0.4) is 0 Å². The van der Waals surface area contributed by atoms with E-state index in [-0.39, 0.29) is 0 Å². The Morgan fingerprint density at radius 1 is 1.08 bits per heavy atom. The largest absolute Gasteiger partial charge is 0.513 e. The van der Waals surface area contributed by atoms with Gasteiger partial charge in [-0.25, -0.2) is 4.21 Å². The quantitative estimate of drug-likeness (QED) is 0.498. The van der Waals surface area contributed by atoms with Crippen LogP contribution in [0.25, 0.3) is 0 Å². The number of hydrogen-bond donors (Lipinski definition) is 1. The molecule has 0 aliphatic heterocycles. The van der Waals surface area contributed by atoms with Crippen molar-refractivity contribution in [3.8, 4) is 0 Å². The van der Waals surface area contributed by atoms with Crippen LogP contribution in [0.4, 0.5) is 26.3 Å². The molecule has 12 heavy (non-hydrogen) atoms. The van der Waals surface area contributed by atoms with E-state index in [1.165, 1.54) is 0 Å². The number of rotatable bonds is 0.